The van der Waals surface area contributed by atoms with Crippen molar-refractivity contribution >= 4 is 17.1 Å². The monoisotopic (exact) mass is 216 g/mol. The van der Waals surface area contributed by atoms with E-state index in [0.29, 0.717) is 5.69 Å². The Labute approximate surface area is 93.9 Å². The maximum Gasteiger partial charge on any atom is 0.125 e. The van der Waals surface area contributed by atoms with Gasteiger partial charge in [-0.05, 0) is 42.8 Å². The summed E-state index contributed by atoms with van der Waals surface area (Å²) in [5, 5.41) is 3.13. The van der Waals surface area contributed by atoms with Crippen LogP contribution in [0.25, 0.3) is 0 Å². The van der Waals surface area contributed by atoms with Gasteiger partial charge in [-0.15, -0.1) is 0 Å². The molecule has 0 aliphatic heterocycles. The lowest BCUT2D eigenvalue weighted by Gasteiger charge is -2.11. The lowest BCUT2D eigenvalue weighted by atomic mass is 10.1. The number of nitrogen functional groups attached to an aromatic ring is 1. The number of nitrogens with two attached hydrogens (primary N) is 1. The predicted molar refractivity (Wildman–Crippen MR) is 65.3 cm³/mol. The van der Waals surface area contributed by atoms with E-state index in [4.69, 9.17) is 5.73 Å². The molecule has 2 aromatic carbocycles. The first-order valence-corrected chi connectivity index (χ1v) is 5.04. The molecule has 0 heterocycles. The minimum Gasteiger partial charge on any atom is -0.398 e. The molecule has 0 fully saturated rings. The largest absolute Gasteiger partial charge is 0.398 e. The highest BCUT2D eigenvalue weighted by molar-refractivity contribution is 5.69. The number of hydrogen-bond acceptors (Lipinski definition) is 2. The third-order valence-electron chi connectivity index (χ3n) is 2.48. The maximum absolute atomic E-state index is 13.0. The van der Waals surface area contributed by atoms with Gasteiger partial charge in [0.1, 0.15) is 5.82 Å². The summed E-state index contributed by atoms with van der Waals surface area (Å²) in [7, 11) is 0. The van der Waals surface area contributed by atoms with E-state index >= 15 is 0 Å². The molecule has 0 spiro atoms. The zero-order chi connectivity index (χ0) is 11.5. The zero-order valence-electron chi connectivity index (χ0n) is 9.00. The SMILES string of the molecule is Cc1c(N)cccc1Nc1cccc(F)c1. The first-order chi connectivity index (χ1) is 7.66. The highest BCUT2D eigenvalue weighted by atomic mass is 19.1. The van der Waals surface area contributed by atoms with Crippen LogP contribution in [0, 0.1) is 12.7 Å². The molecule has 0 radical (unpaired) electrons. The molecule has 0 aliphatic carbocycles. The van der Waals surface area contributed by atoms with Gasteiger partial charge in [-0.25, -0.2) is 4.39 Å². The number of nitrogens with one attached hydrogen (secondary N) is 1. The number of halogens is 1. The van der Waals surface area contributed by atoms with Crippen LogP contribution in [0.4, 0.5) is 21.5 Å². The van der Waals surface area contributed by atoms with Crippen LogP contribution in [0.2, 0.25) is 0 Å². The highest BCUT2D eigenvalue weighted by Gasteiger charge is 2.01. The van der Waals surface area contributed by atoms with Crippen molar-refractivity contribution in [3.05, 3.63) is 53.8 Å². The van der Waals surface area contributed by atoms with Gasteiger partial charge in [-0.3, -0.25) is 0 Å². The molecule has 82 valence electrons. The van der Waals surface area contributed by atoms with Crippen LogP contribution in [0.5, 0.6) is 0 Å². The second-order valence-electron chi connectivity index (χ2n) is 3.66. The molecule has 0 aromatic heterocycles. The van der Waals surface area contributed by atoms with E-state index in [9.17, 15) is 4.39 Å². The lowest BCUT2D eigenvalue weighted by molar-refractivity contribution is 0.628. The summed E-state index contributed by atoms with van der Waals surface area (Å²) in [5.74, 6) is -0.258. The van der Waals surface area contributed by atoms with Gasteiger partial charge in [-0.2, -0.15) is 0 Å². The summed E-state index contributed by atoms with van der Waals surface area (Å²) >= 11 is 0. The zero-order valence-corrected chi connectivity index (χ0v) is 9.00. The molecule has 0 amide bonds. The summed E-state index contributed by atoms with van der Waals surface area (Å²) < 4.78 is 13.0. The molecule has 0 saturated carbocycles. The summed E-state index contributed by atoms with van der Waals surface area (Å²) in [6, 6.07) is 12.0. The number of hydrogen-bond donors (Lipinski definition) is 2. The molecular weight excluding hydrogens is 203 g/mol. The van der Waals surface area contributed by atoms with E-state index in [1.807, 2.05) is 31.2 Å². The Morgan fingerprint density at radius 1 is 1.12 bits per heavy atom. The molecule has 2 rings (SSSR count). The van der Waals surface area contributed by atoms with Gasteiger partial charge in [0.05, 0.1) is 0 Å². The quantitative estimate of drug-likeness (QED) is 0.754. The Morgan fingerprint density at radius 3 is 2.62 bits per heavy atom. The average molecular weight is 216 g/mol. The summed E-state index contributed by atoms with van der Waals surface area (Å²) in [6.07, 6.45) is 0. The summed E-state index contributed by atoms with van der Waals surface area (Å²) in [4.78, 5) is 0. The van der Waals surface area contributed by atoms with Crippen molar-refractivity contribution in [1.29, 1.82) is 0 Å². The Kier molecular flexibility index (Phi) is 2.77. The van der Waals surface area contributed by atoms with Crippen LogP contribution < -0.4 is 11.1 Å². The molecule has 0 unspecified atom stereocenters. The van der Waals surface area contributed by atoms with Gasteiger partial charge in [0.25, 0.3) is 0 Å². The van der Waals surface area contributed by atoms with Crippen molar-refractivity contribution in [2.75, 3.05) is 11.1 Å². The second kappa shape index (κ2) is 4.23. The molecule has 3 N–H and O–H groups in total. The Bertz CT molecular complexity index is 509. The van der Waals surface area contributed by atoms with Gasteiger partial charge in [0.15, 0.2) is 0 Å². The first-order valence-electron chi connectivity index (χ1n) is 5.04. The minimum absolute atomic E-state index is 0.258. The van der Waals surface area contributed by atoms with Gasteiger partial charge in [0.2, 0.25) is 0 Å². The van der Waals surface area contributed by atoms with Gasteiger partial charge < -0.3 is 11.1 Å². The molecule has 3 heteroatoms. The van der Waals surface area contributed by atoms with Crippen LogP contribution in [-0.4, -0.2) is 0 Å². The fourth-order valence-electron chi connectivity index (χ4n) is 1.51. The smallest absolute Gasteiger partial charge is 0.125 e. The fourth-order valence-corrected chi connectivity index (χ4v) is 1.51. The Morgan fingerprint density at radius 2 is 1.88 bits per heavy atom. The molecular formula is C13H13FN2. The van der Waals surface area contributed by atoms with Crippen molar-refractivity contribution in [2.24, 2.45) is 0 Å². The molecule has 0 atom stereocenters. The second-order valence-corrected chi connectivity index (χ2v) is 3.66. The fraction of sp³-hybridized carbons (Fsp3) is 0.0769. The maximum atomic E-state index is 13.0. The van der Waals surface area contributed by atoms with E-state index < -0.39 is 0 Å². The third kappa shape index (κ3) is 2.14. The third-order valence-corrected chi connectivity index (χ3v) is 2.48. The van der Waals surface area contributed by atoms with E-state index in [2.05, 4.69) is 5.32 Å². The summed E-state index contributed by atoms with van der Waals surface area (Å²) in [6.45, 7) is 1.93. The summed E-state index contributed by atoms with van der Waals surface area (Å²) in [5.41, 5.74) is 9.09. The molecule has 16 heavy (non-hydrogen) atoms. The average Bonchev–Trinajstić information content (AvgIpc) is 2.25. The van der Waals surface area contributed by atoms with Crippen LogP contribution in [0.1, 0.15) is 5.56 Å². The van der Waals surface area contributed by atoms with Gasteiger partial charge in [-0.1, -0.05) is 12.1 Å². The Hall–Kier alpha value is -2.03. The number of benzene rings is 2. The van der Waals surface area contributed by atoms with Crippen molar-refractivity contribution < 1.29 is 4.39 Å². The van der Waals surface area contributed by atoms with E-state index in [1.54, 1.807) is 6.07 Å². The van der Waals surface area contributed by atoms with Crippen LogP contribution in [0.15, 0.2) is 42.5 Å². The normalized spacial score (nSPS) is 10.1. The number of rotatable bonds is 2. The van der Waals surface area contributed by atoms with E-state index in [1.165, 1.54) is 12.1 Å². The standard InChI is InChI=1S/C13H13FN2/c1-9-12(15)6-3-7-13(9)16-11-5-2-4-10(14)8-11/h2-8,16H,15H2,1H3. The highest BCUT2D eigenvalue weighted by Crippen LogP contribution is 2.24. The first kappa shape index (κ1) is 10.5. The van der Waals surface area contributed by atoms with E-state index in [-0.39, 0.29) is 5.82 Å². The van der Waals surface area contributed by atoms with Crippen LogP contribution in [-0.2, 0) is 0 Å². The van der Waals surface area contributed by atoms with Crippen LogP contribution in [0.3, 0.4) is 0 Å². The molecule has 0 aliphatic rings. The topological polar surface area (TPSA) is 38.0 Å². The Balaban J connectivity index is 2.31. The van der Waals surface area contributed by atoms with Crippen molar-refractivity contribution in [3.8, 4) is 0 Å². The van der Waals surface area contributed by atoms with Crippen molar-refractivity contribution in [3.63, 3.8) is 0 Å². The minimum atomic E-state index is -0.258. The van der Waals surface area contributed by atoms with E-state index in [0.717, 1.165) is 16.9 Å². The molecule has 2 aromatic rings. The molecule has 2 nitrogen and oxygen atoms in total. The van der Waals surface area contributed by atoms with Gasteiger partial charge >= 0.3 is 0 Å². The van der Waals surface area contributed by atoms with Crippen molar-refractivity contribution in [2.45, 2.75) is 6.92 Å². The molecule has 0 saturated heterocycles. The molecule has 0 bridgehead atoms. The van der Waals surface area contributed by atoms with Gasteiger partial charge in [0, 0.05) is 17.1 Å². The van der Waals surface area contributed by atoms with Crippen LogP contribution >= 0.6 is 0 Å². The predicted octanol–water partition coefficient (Wildman–Crippen LogP) is 3.46. The van der Waals surface area contributed by atoms with Crippen molar-refractivity contribution in [1.82, 2.24) is 0 Å². The lowest BCUT2D eigenvalue weighted by Crippen LogP contribution is -1.97. The number of anilines is 3.